The molecule has 13 heavy (non-hydrogen) atoms. The minimum Gasteiger partial charge on any atom is -0.383 e. The van der Waals surface area contributed by atoms with Crippen molar-refractivity contribution < 1.29 is 4.74 Å². The molecule has 0 fully saturated rings. The molecule has 0 unspecified atom stereocenters. The maximum Gasteiger partial charge on any atom is 0.137 e. The fourth-order valence-electron chi connectivity index (χ4n) is 0.942. The molecular formula is C8H12BrN3O. The Labute approximate surface area is 85.4 Å². The van der Waals surface area contributed by atoms with Gasteiger partial charge in [0.15, 0.2) is 0 Å². The first-order valence-corrected chi connectivity index (χ1v) is 4.60. The number of nitrogens with two attached hydrogens (primary N) is 2. The topological polar surface area (TPSA) is 74.2 Å². The van der Waals surface area contributed by atoms with Crippen LogP contribution >= 0.6 is 15.9 Å². The van der Waals surface area contributed by atoms with Gasteiger partial charge < -0.3 is 16.2 Å². The number of methoxy groups -OCH3 is 1. The van der Waals surface area contributed by atoms with E-state index in [0.717, 1.165) is 10.0 Å². The molecule has 1 aromatic heterocycles. The quantitative estimate of drug-likeness (QED) is 0.836. The molecule has 1 heterocycles. The van der Waals surface area contributed by atoms with E-state index in [1.54, 1.807) is 13.3 Å². The van der Waals surface area contributed by atoms with Crippen LogP contribution in [-0.4, -0.2) is 18.7 Å². The third-order valence-electron chi connectivity index (χ3n) is 1.67. The van der Waals surface area contributed by atoms with Crippen LogP contribution < -0.4 is 11.5 Å². The van der Waals surface area contributed by atoms with E-state index in [1.807, 2.05) is 6.07 Å². The molecule has 1 aromatic rings. The summed E-state index contributed by atoms with van der Waals surface area (Å²) in [7, 11) is 1.61. The number of halogens is 1. The van der Waals surface area contributed by atoms with Gasteiger partial charge in [-0.15, -0.1) is 0 Å². The second-order valence-corrected chi connectivity index (χ2v) is 3.55. The third kappa shape index (κ3) is 2.65. The molecule has 4 N–H and O–H groups in total. The lowest BCUT2D eigenvalue weighted by molar-refractivity contribution is 0.181. The number of aromatic nitrogens is 1. The fourth-order valence-corrected chi connectivity index (χ4v) is 1.31. The highest BCUT2D eigenvalue weighted by atomic mass is 79.9. The van der Waals surface area contributed by atoms with Crippen molar-refractivity contribution in [1.29, 1.82) is 0 Å². The van der Waals surface area contributed by atoms with Crippen molar-refractivity contribution in [1.82, 2.24) is 4.98 Å². The van der Waals surface area contributed by atoms with Crippen molar-refractivity contribution in [2.24, 2.45) is 5.73 Å². The highest BCUT2D eigenvalue weighted by Crippen LogP contribution is 2.20. The average Bonchev–Trinajstić information content (AvgIpc) is 2.10. The van der Waals surface area contributed by atoms with E-state index in [-0.39, 0.29) is 6.04 Å². The van der Waals surface area contributed by atoms with Crippen LogP contribution in [0.3, 0.4) is 0 Å². The lowest BCUT2D eigenvalue weighted by Crippen LogP contribution is -2.16. The van der Waals surface area contributed by atoms with Gasteiger partial charge in [-0.25, -0.2) is 4.98 Å². The second-order valence-electron chi connectivity index (χ2n) is 2.70. The van der Waals surface area contributed by atoms with Crippen molar-refractivity contribution in [2.75, 3.05) is 19.5 Å². The number of nitrogen functional groups attached to an aromatic ring is 1. The zero-order chi connectivity index (χ0) is 9.84. The van der Waals surface area contributed by atoms with Crippen LogP contribution in [0.1, 0.15) is 11.6 Å². The maximum absolute atomic E-state index is 5.80. The van der Waals surface area contributed by atoms with Gasteiger partial charge in [0, 0.05) is 13.3 Å². The molecule has 4 nitrogen and oxygen atoms in total. The summed E-state index contributed by atoms with van der Waals surface area (Å²) < 4.78 is 5.69. The Morgan fingerprint density at radius 2 is 2.38 bits per heavy atom. The lowest BCUT2D eigenvalue weighted by atomic mass is 10.1. The SMILES string of the molecule is COC[C@H](N)c1cnc(N)c(Br)c1. The van der Waals surface area contributed by atoms with Gasteiger partial charge in [-0.3, -0.25) is 0 Å². The number of hydrogen-bond acceptors (Lipinski definition) is 4. The van der Waals surface area contributed by atoms with Crippen LogP contribution in [0.5, 0.6) is 0 Å². The second kappa shape index (κ2) is 4.55. The zero-order valence-corrected chi connectivity index (χ0v) is 8.91. The summed E-state index contributed by atoms with van der Waals surface area (Å²) in [4.78, 5) is 3.98. The lowest BCUT2D eigenvalue weighted by Gasteiger charge is -2.10. The molecule has 5 heteroatoms. The first-order chi connectivity index (χ1) is 6.15. The van der Waals surface area contributed by atoms with Crippen LogP contribution in [0.25, 0.3) is 0 Å². The van der Waals surface area contributed by atoms with Crippen LogP contribution in [0.15, 0.2) is 16.7 Å². The molecule has 0 spiro atoms. The van der Waals surface area contributed by atoms with Gasteiger partial charge >= 0.3 is 0 Å². The van der Waals surface area contributed by atoms with Gasteiger partial charge in [0.05, 0.1) is 17.1 Å². The highest BCUT2D eigenvalue weighted by molar-refractivity contribution is 9.10. The molecule has 1 rings (SSSR count). The maximum atomic E-state index is 5.80. The molecule has 0 aliphatic heterocycles. The molecule has 0 aliphatic carbocycles. The fraction of sp³-hybridized carbons (Fsp3) is 0.375. The Hall–Kier alpha value is -0.650. The van der Waals surface area contributed by atoms with Crippen molar-refractivity contribution in [2.45, 2.75) is 6.04 Å². The number of anilines is 1. The predicted molar refractivity (Wildman–Crippen MR) is 55.2 cm³/mol. The van der Waals surface area contributed by atoms with E-state index < -0.39 is 0 Å². The first-order valence-electron chi connectivity index (χ1n) is 3.80. The van der Waals surface area contributed by atoms with E-state index >= 15 is 0 Å². The Morgan fingerprint density at radius 3 is 2.92 bits per heavy atom. The van der Waals surface area contributed by atoms with Crippen LogP contribution in [-0.2, 0) is 4.74 Å². The van der Waals surface area contributed by atoms with E-state index in [4.69, 9.17) is 16.2 Å². The van der Waals surface area contributed by atoms with Gasteiger partial charge in [0.2, 0.25) is 0 Å². The van der Waals surface area contributed by atoms with Crippen LogP contribution in [0.4, 0.5) is 5.82 Å². The summed E-state index contributed by atoms with van der Waals surface area (Å²) in [5.74, 6) is 0.466. The summed E-state index contributed by atoms with van der Waals surface area (Å²) in [6.07, 6.45) is 1.66. The van der Waals surface area contributed by atoms with E-state index in [2.05, 4.69) is 20.9 Å². The number of pyridine rings is 1. The molecule has 0 saturated heterocycles. The van der Waals surface area contributed by atoms with Gasteiger partial charge in [0.25, 0.3) is 0 Å². The Bertz CT molecular complexity index is 293. The molecule has 1 atom stereocenters. The number of ether oxygens (including phenoxy) is 1. The first kappa shape index (κ1) is 10.4. The predicted octanol–water partition coefficient (Wildman–Crippen LogP) is 1.07. The molecule has 0 bridgehead atoms. The minimum absolute atomic E-state index is 0.158. The van der Waals surface area contributed by atoms with Crippen LogP contribution in [0.2, 0.25) is 0 Å². The largest absolute Gasteiger partial charge is 0.383 e. The third-order valence-corrected chi connectivity index (χ3v) is 2.30. The molecule has 0 radical (unpaired) electrons. The van der Waals surface area contributed by atoms with Gasteiger partial charge in [0.1, 0.15) is 5.82 Å². The molecular weight excluding hydrogens is 234 g/mol. The van der Waals surface area contributed by atoms with E-state index in [9.17, 15) is 0 Å². The number of hydrogen-bond donors (Lipinski definition) is 2. The van der Waals surface area contributed by atoms with Crippen molar-refractivity contribution >= 4 is 21.7 Å². The van der Waals surface area contributed by atoms with Crippen molar-refractivity contribution in [3.05, 3.63) is 22.3 Å². The normalized spacial score (nSPS) is 12.8. The summed E-state index contributed by atoms with van der Waals surface area (Å²) in [6.45, 7) is 0.470. The van der Waals surface area contributed by atoms with Crippen molar-refractivity contribution in [3.8, 4) is 0 Å². The van der Waals surface area contributed by atoms with Gasteiger partial charge in [-0.1, -0.05) is 0 Å². The van der Waals surface area contributed by atoms with Gasteiger partial charge in [-0.2, -0.15) is 0 Å². The average molecular weight is 246 g/mol. The smallest absolute Gasteiger partial charge is 0.137 e. The number of nitrogens with zero attached hydrogens (tertiary/aromatic N) is 1. The molecule has 0 amide bonds. The van der Waals surface area contributed by atoms with E-state index in [1.165, 1.54) is 0 Å². The molecule has 0 aromatic carbocycles. The minimum atomic E-state index is -0.158. The molecule has 72 valence electrons. The van der Waals surface area contributed by atoms with Crippen LogP contribution in [0, 0.1) is 0 Å². The van der Waals surface area contributed by atoms with Crippen molar-refractivity contribution in [3.63, 3.8) is 0 Å². The zero-order valence-electron chi connectivity index (χ0n) is 7.33. The molecule has 0 saturated carbocycles. The Morgan fingerprint density at radius 1 is 1.69 bits per heavy atom. The highest BCUT2D eigenvalue weighted by Gasteiger charge is 2.07. The number of rotatable bonds is 3. The summed E-state index contributed by atoms with van der Waals surface area (Å²) in [5, 5.41) is 0. The molecule has 0 aliphatic rings. The Balaban J connectivity index is 2.84. The summed E-state index contributed by atoms with van der Waals surface area (Å²) >= 11 is 3.28. The Kier molecular flexibility index (Phi) is 3.65. The standard InChI is InChI=1S/C8H12BrN3O/c1-13-4-7(10)5-2-6(9)8(11)12-3-5/h2-3,7H,4,10H2,1H3,(H2,11,12)/t7-/m0/s1. The van der Waals surface area contributed by atoms with E-state index in [0.29, 0.717) is 12.4 Å². The summed E-state index contributed by atoms with van der Waals surface area (Å²) in [6, 6.07) is 1.70. The summed E-state index contributed by atoms with van der Waals surface area (Å²) in [5.41, 5.74) is 12.2. The van der Waals surface area contributed by atoms with Gasteiger partial charge in [-0.05, 0) is 27.6 Å². The monoisotopic (exact) mass is 245 g/mol.